The Morgan fingerprint density at radius 1 is 1.48 bits per heavy atom. The van der Waals surface area contributed by atoms with Crippen LogP contribution in [0.4, 0.5) is 11.4 Å². The van der Waals surface area contributed by atoms with Crippen LogP contribution in [0.15, 0.2) is 24.3 Å². The summed E-state index contributed by atoms with van der Waals surface area (Å²) in [6, 6.07) is 7.24. The Bertz CT molecular complexity index is 506. The first-order chi connectivity index (χ1) is 9.67. The van der Waals surface area contributed by atoms with Gasteiger partial charge in [0.1, 0.15) is 6.10 Å². The van der Waals surface area contributed by atoms with Gasteiger partial charge in [0, 0.05) is 26.6 Å². The number of rotatable bonds is 5. The number of amides is 2. The van der Waals surface area contributed by atoms with Crippen molar-refractivity contribution >= 4 is 35.6 Å². The highest BCUT2D eigenvalue weighted by molar-refractivity contribution is 6.03. The van der Waals surface area contributed by atoms with E-state index >= 15 is 0 Å². The SMILES string of the molecule is COC(CN)C(=O)Nc1ccccc1N1CCCC1=O.Cl. The molecule has 6 nitrogen and oxygen atoms in total. The number of ether oxygens (including phenoxy) is 1. The average Bonchev–Trinajstić information content (AvgIpc) is 2.87. The van der Waals surface area contributed by atoms with Gasteiger partial charge in [-0.1, -0.05) is 12.1 Å². The van der Waals surface area contributed by atoms with Crippen LogP contribution in [0.25, 0.3) is 0 Å². The molecule has 0 aliphatic carbocycles. The van der Waals surface area contributed by atoms with Gasteiger partial charge in [-0.25, -0.2) is 0 Å². The monoisotopic (exact) mass is 313 g/mol. The van der Waals surface area contributed by atoms with Crippen LogP contribution in [0.3, 0.4) is 0 Å². The van der Waals surface area contributed by atoms with E-state index in [1.807, 2.05) is 18.2 Å². The molecule has 1 unspecified atom stereocenters. The molecular weight excluding hydrogens is 294 g/mol. The average molecular weight is 314 g/mol. The molecule has 0 radical (unpaired) electrons. The van der Waals surface area contributed by atoms with Gasteiger partial charge in [0.15, 0.2) is 0 Å². The number of nitrogens with two attached hydrogens (primary N) is 1. The van der Waals surface area contributed by atoms with E-state index in [9.17, 15) is 9.59 Å². The van der Waals surface area contributed by atoms with Gasteiger partial charge in [0.25, 0.3) is 5.91 Å². The largest absolute Gasteiger partial charge is 0.370 e. The number of carbonyl (C=O) groups is 2. The van der Waals surface area contributed by atoms with E-state index in [1.54, 1.807) is 11.0 Å². The molecular formula is C14H20ClN3O3. The third-order valence-electron chi connectivity index (χ3n) is 3.32. The third-order valence-corrected chi connectivity index (χ3v) is 3.32. The molecule has 21 heavy (non-hydrogen) atoms. The normalized spacial score (nSPS) is 15.5. The summed E-state index contributed by atoms with van der Waals surface area (Å²) in [7, 11) is 1.44. The number of methoxy groups -OCH3 is 1. The summed E-state index contributed by atoms with van der Waals surface area (Å²) in [5.74, 6) is -0.233. The predicted octanol–water partition coefficient (Wildman–Crippen LogP) is 1.15. The Morgan fingerprint density at radius 2 is 2.19 bits per heavy atom. The minimum Gasteiger partial charge on any atom is -0.370 e. The van der Waals surface area contributed by atoms with E-state index in [0.717, 1.165) is 12.1 Å². The molecule has 0 aromatic heterocycles. The van der Waals surface area contributed by atoms with Crippen molar-refractivity contribution in [2.24, 2.45) is 5.73 Å². The Morgan fingerprint density at radius 3 is 2.76 bits per heavy atom. The maximum Gasteiger partial charge on any atom is 0.254 e. The minimum absolute atomic E-state index is 0. The van der Waals surface area contributed by atoms with Crippen molar-refractivity contribution in [2.75, 3.05) is 30.4 Å². The first-order valence-electron chi connectivity index (χ1n) is 6.60. The van der Waals surface area contributed by atoms with Crippen LogP contribution in [-0.4, -0.2) is 38.1 Å². The van der Waals surface area contributed by atoms with Gasteiger partial charge in [-0.2, -0.15) is 0 Å². The van der Waals surface area contributed by atoms with Crippen molar-refractivity contribution < 1.29 is 14.3 Å². The van der Waals surface area contributed by atoms with Crippen molar-refractivity contribution in [3.8, 4) is 0 Å². The molecule has 2 rings (SSSR count). The van der Waals surface area contributed by atoms with Crippen molar-refractivity contribution in [2.45, 2.75) is 18.9 Å². The number of nitrogens with one attached hydrogen (secondary N) is 1. The van der Waals surface area contributed by atoms with Gasteiger partial charge in [0.2, 0.25) is 5.91 Å². The molecule has 2 amide bonds. The zero-order valence-corrected chi connectivity index (χ0v) is 12.7. The summed E-state index contributed by atoms with van der Waals surface area (Å²) in [5.41, 5.74) is 6.79. The van der Waals surface area contributed by atoms with Crippen LogP contribution < -0.4 is 16.0 Å². The Hall–Kier alpha value is -1.63. The highest BCUT2D eigenvalue weighted by Gasteiger charge is 2.25. The van der Waals surface area contributed by atoms with E-state index in [-0.39, 0.29) is 30.8 Å². The van der Waals surface area contributed by atoms with Gasteiger partial charge in [-0.05, 0) is 18.6 Å². The van der Waals surface area contributed by atoms with Crippen LogP contribution in [0, 0.1) is 0 Å². The number of hydrogen-bond donors (Lipinski definition) is 2. The molecule has 1 aliphatic heterocycles. The molecule has 1 aliphatic rings. The lowest BCUT2D eigenvalue weighted by atomic mass is 10.2. The fourth-order valence-electron chi connectivity index (χ4n) is 2.24. The summed E-state index contributed by atoms with van der Waals surface area (Å²) in [4.78, 5) is 25.5. The van der Waals surface area contributed by atoms with Gasteiger partial charge < -0.3 is 20.7 Å². The predicted molar refractivity (Wildman–Crippen MR) is 83.8 cm³/mol. The maximum absolute atomic E-state index is 12.0. The number of carbonyl (C=O) groups excluding carboxylic acids is 2. The second-order valence-corrected chi connectivity index (χ2v) is 4.62. The topological polar surface area (TPSA) is 84.7 Å². The van der Waals surface area contributed by atoms with Gasteiger partial charge >= 0.3 is 0 Å². The number of benzene rings is 1. The number of halogens is 1. The highest BCUT2D eigenvalue weighted by atomic mass is 35.5. The van der Waals surface area contributed by atoms with E-state index in [0.29, 0.717) is 18.7 Å². The summed E-state index contributed by atoms with van der Waals surface area (Å²) in [6.45, 7) is 0.781. The Kier molecular flexibility index (Phi) is 6.61. The minimum atomic E-state index is -0.697. The molecule has 0 spiro atoms. The van der Waals surface area contributed by atoms with Gasteiger partial charge in [0.05, 0.1) is 11.4 Å². The molecule has 7 heteroatoms. The van der Waals surface area contributed by atoms with Gasteiger partial charge in [-0.15, -0.1) is 12.4 Å². The zero-order valence-electron chi connectivity index (χ0n) is 11.9. The fourth-order valence-corrected chi connectivity index (χ4v) is 2.24. The van der Waals surface area contributed by atoms with E-state index in [4.69, 9.17) is 10.5 Å². The van der Waals surface area contributed by atoms with Crippen LogP contribution in [0.2, 0.25) is 0 Å². The molecule has 116 valence electrons. The molecule has 1 aromatic rings. The maximum atomic E-state index is 12.0. The standard InChI is InChI=1S/C14H19N3O3.ClH/c1-20-12(9-15)14(19)16-10-5-2-3-6-11(10)17-8-4-7-13(17)18;/h2-3,5-6,12H,4,7-9,15H2,1H3,(H,16,19);1H. The number of para-hydroxylation sites is 2. The second-order valence-electron chi connectivity index (χ2n) is 4.62. The number of anilines is 2. The fraction of sp³-hybridized carbons (Fsp3) is 0.429. The van der Waals surface area contributed by atoms with E-state index in [2.05, 4.69) is 5.32 Å². The van der Waals surface area contributed by atoms with E-state index in [1.165, 1.54) is 7.11 Å². The third kappa shape index (κ3) is 3.93. The quantitative estimate of drug-likeness (QED) is 0.854. The summed E-state index contributed by atoms with van der Waals surface area (Å²) >= 11 is 0. The van der Waals surface area contributed by atoms with Crippen LogP contribution in [-0.2, 0) is 14.3 Å². The van der Waals surface area contributed by atoms with Crippen molar-refractivity contribution in [1.29, 1.82) is 0 Å². The molecule has 1 heterocycles. The number of hydrogen-bond acceptors (Lipinski definition) is 4. The van der Waals surface area contributed by atoms with Crippen LogP contribution >= 0.6 is 12.4 Å². The van der Waals surface area contributed by atoms with Crippen molar-refractivity contribution in [1.82, 2.24) is 0 Å². The number of nitrogens with zero attached hydrogens (tertiary/aromatic N) is 1. The summed E-state index contributed by atoms with van der Waals surface area (Å²) in [6.07, 6.45) is 0.688. The first kappa shape index (κ1) is 17.4. The smallest absolute Gasteiger partial charge is 0.254 e. The lowest BCUT2D eigenvalue weighted by molar-refractivity contribution is -0.125. The molecule has 1 aromatic carbocycles. The lowest BCUT2D eigenvalue weighted by Crippen LogP contribution is -2.36. The summed E-state index contributed by atoms with van der Waals surface area (Å²) in [5, 5.41) is 2.77. The van der Waals surface area contributed by atoms with Crippen molar-refractivity contribution in [3.63, 3.8) is 0 Å². The molecule has 0 saturated carbocycles. The molecule has 1 fully saturated rings. The summed E-state index contributed by atoms with van der Waals surface area (Å²) < 4.78 is 5.00. The Balaban J connectivity index is 0.00000220. The molecule has 1 atom stereocenters. The van der Waals surface area contributed by atoms with Gasteiger partial charge in [-0.3, -0.25) is 9.59 Å². The highest BCUT2D eigenvalue weighted by Crippen LogP contribution is 2.29. The first-order valence-corrected chi connectivity index (χ1v) is 6.60. The van der Waals surface area contributed by atoms with Crippen LogP contribution in [0.1, 0.15) is 12.8 Å². The van der Waals surface area contributed by atoms with E-state index < -0.39 is 6.10 Å². The molecule has 0 bridgehead atoms. The zero-order chi connectivity index (χ0) is 14.5. The molecule has 3 N–H and O–H groups in total. The van der Waals surface area contributed by atoms with Crippen LogP contribution in [0.5, 0.6) is 0 Å². The Labute approximate surface area is 130 Å². The lowest BCUT2D eigenvalue weighted by Gasteiger charge is -2.21. The van der Waals surface area contributed by atoms with Crippen molar-refractivity contribution in [3.05, 3.63) is 24.3 Å². The second kappa shape index (κ2) is 7.97. The molecule has 1 saturated heterocycles.